The lowest BCUT2D eigenvalue weighted by Gasteiger charge is -2.08. The number of hydrogen-bond donors (Lipinski definition) is 1. The third kappa shape index (κ3) is 4.08. The van der Waals surface area contributed by atoms with Gasteiger partial charge in [-0.2, -0.15) is 0 Å². The van der Waals surface area contributed by atoms with E-state index in [-0.39, 0.29) is 29.6 Å². The first kappa shape index (κ1) is 17.7. The Labute approximate surface area is 147 Å². The molecule has 0 saturated carbocycles. The molecule has 0 aliphatic carbocycles. The Morgan fingerprint density at radius 1 is 1.08 bits per heavy atom. The number of fused-ring (bicyclic) bond motifs is 1. The van der Waals surface area contributed by atoms with E-state index in [0.29, 0.717) is 17.7 Å². The molecule has 0 unspecified atom stereocenters. The van der Waals surface area contributed by atoms with Gasteiger partial charge in [0.2, 0.25) is 0 Å². The zero-order valence-corrected chi connectivity index (χ0v) is 13.8. The maximum absolute atomic E-state index is 13.0. The van der Waals surface area contributed by atoms with Crippen LogP contribution in [0.15, 0.2) is 42.5 Å². The predicted molar refractivity (Wildman–Crippen MR) is 87.8 cm³/mol. The van der Waals surface area contributed by atoms with Crippen LogP contribution in [-0.2, 0) is 4.79 Å². The lowest BCUT2D eigenvalue weighted by molar-refractivity contribution is -0.286. The van der Waals surface area contributed by atoms with Gasteiger partial charge in [-0.15, -0.1) is 8.78 Å². The molecule has 2 aromatic rings. The average Bonchev–Trinajstić information content (AvgIpc) is 2.92. The number of ketones is 1. The van der Waals surface area contributed by atoms with Gasteiger partial charge in [-0.1, -0.05) is 6.92 Å². The van der Waals surface area contributed by atoms with E-state index in [2.05, 4.69) is 14.8 Å². The van der Waals surface area contributed by atoms with Gasteiger partial charge >= 0.3 is 6.29 Å². The summed E-state index contributed by atoms with van der Waals surface area (Å²) in [6.45, 7) is 1.49. The van der Waals surface area contributed by atoms with Crippen molar-refractivity contribution < 1.29 is 32.6 Å². The van der Waals surface area contributed by atoms with Crippen molar-refractivity contribution in [1.82, 2.24) is 0 Å². The van der Waals surface area contributed by atoms with E-state index in [1.54, 1.807) is 31.2 Å². The topological polar surface area (TPSA) is 73.9 Å². The average molecular weight is 363 g/mol. The monoisotopic (exact) mass is 363 g/mol. The largest absolute Gasteiger partial charge is 0.586 e. The number of hydrogen-bond acceptors (Lipinski definition) is 5. The van der Waals surface area contributed by atoms with Gasteiger partial charge in [-0.25, -0.2) is 0 Å². The van der Waals surface area contributed by atoms with Crippen molar-refractivity contribution in [2.45, 2.75) is 19.6 Å². The molecule has 8 heteroatoms. The van der Waals surface area contributed by atoms with Crippen molar-refractivity contribution >= 4 is 17.4 Å². The Morgan fingerprint density at radius 2 is 1.77 bits per heavy atom. The van der Waals surface area contributed by atoms with Gasteiger partial charge in [0, 0.05) is 23.7 Å². The van der Waals surface area contributed by atoms with E-state index in [0.717, 1.165) is 0 Å². The van der Waals surface area contributed by atoms with E-state index < -0.39 is 12.2 Å². The first-order valence-electron chi connectivity index (χ1n) is 7.82. The second kappa shape index (κ2) is 6.99. The molecule has 0 fully saturated rings. The van der Waals surface area contributed by atoms with Crippen LogP contribution < -0.4 is 19.5 Å². The summed E-state index contributed by atoms with van der Waals surface area (Å²) in [6.07, 6.45) is -3.30. The maximum Gasteiger partial charge on any atom is 0.586 e. The Morgan fingerprint density at radius 3 is 2.46 bits per heavy atom. The number of halogens is 2. The van der Waals surface area contributed by atoms with Crippen molar-refractivity contribution in [3.63, 3.8) is 0 Å². The van der Waals surface area contributed by atoms with Gasteiger partial charge in [-0.05, 0) is 36.4 Å². The second-order valence-electron chi connectivity index (χ2n) is 5.47. The normalized spacial score (nSPS) is 14.0. The number of rotatable bonds is 6. The van der Waals surface area contributed by atoms with Gasteiger partial charge < -0.3 is 19.5 Å². The molecule has 0 saturated heterocycles. The van der Waals surface area contributed by atoms with Crippen LogP contribution in [0, 0.1) is 0 Å². The van der Waals surface area contributed by atoms with E-state index in [1.165, 1.54) is 18.2 Å². The van der Waals surface area contributed by atoms with Crippen LogP contribution >= 0.6 is 0 Å². The van der Waals surface area contributed by atoms with Crippen LogP contribution in [0.25, 0.3) is 0 Å². The fourth-order valence-corrected chi connectivity index (χ4v) is 2.31. The number of anilines is 1. The summed E-state index contributed by atoms with van der Waals surface area (Å²) in [6, 6.07) is 10.4. The molecule has 1 amide bonds. The Balaban J connectivity index is 1.54. The minimum Gasteiger partial charge on any atom is -0.484 e. The summed E-state index contributed by atoms with van der Waals surface area (Å²) in [5.74, 6) is -0.305. The number of alkyl halides is 2. The molecule has 1 heterocycles. The number of Topliss-reactive ketones (excluding diaryl/α,β-unsaturated/α-hetero) is 1. The summed E-state index contributed by atoms with van der Waals surface area (Å²) in [5.41, 5.74) is 0.837. The van der Waals surface area contributed by atoms with Crippen LogP contribution in [0.5, 0.6) is 17.2 Å². The van der Waals surface area contributed by atoms with Crippen molar-refractivity contribution in [3.05, 3.63) is 48.0 Å². The molecule has 0 spiro atoms. The molecule has 136 valence electrons. The molecular weight excluding hydrogens is 348 g/mol. The van der Waals surface area contributed by atoms with Crippen LogP contribution in [0.4, 0.5) is 14.5 Å². The number of amides is 1. The van der Waals surface area contributed by atoms with Crippen LogP contribution in [0.1, 0.15) is 23.7 Å². The summed E-state index contributed by atoms with van der Waals surface area (Å²) >= 11 is 0. The molecule has 0 aromatic heterocycles. The highest BCUT2D eigenvalue weighted by Crippen LogP contribution is 2.42. The van der Waals surface area contributed by atoms with Crippen LogP contribution in [-0.4, -0.2) is 24.6 Å². The number of carbonyl (C=O) groups is 2. The van der Waals surface area contributed by atoms with E-state index >= 15 is 0 Å². The third-order valence-electron chi connectivity index (χ3n) is 3.55. The van der Waals surface area contributed by atoms with Crippen molar-refractivity contribution in [2.24, 2.45) is 0 Å². The third-order valence-corrected chi connectivity index (χ3v) is 3.55. The molecule has 2 aromatic carbocycles. The number of carbonyl (C=O) groups excluding carboxylic acids is 2. The fraction of sp³-hybridized carbons (Fsp3) is 0.222. The molecule has 26 heavy (non-hydrogen) atoms. The van der Waals surface area contributed by atoms with Gasteiger partial charge in [0.1, 0.15) is 5.75 Å². The summed E-state index contributed by atoms with van der Waals surface area (Å²) in [5, 5.41) is 2.51. The summed E-state index contributed by atoms with van der Waals surface area (Å²) < 4.78 is 39.9. The quantitative estimate of drug-likeness (QED) is 0.794. The Hall–Kier alpha value is -3.16. The molecule has 1 N–H and O–H groups in total. The first-order valence-corrected chi connectivity index (χ1v) is 7.82. The molecule has 6 nitrogen and oxygen atoms in total. The fourth-order valence-electron chi connectivity index (χ4n) is 2.31. The molecule has 1 aliphatic heterocycles. The summed E-state index contributed by atoms with van der Waals surface area (Å²) in [4.78, 5) is 23.5. The number of nitrogens with one attached hydrogen (secondary N) is 1. The maximum atomic E-state index is 13.0. The molecule has 0 bridgehead atoms. The molecule has 1 aliphatic rings. The number of benzene rings is 2. The van der Waals surface area contributed by atoms with Gasteiger partial charge in [0.25, 0.3) is 5.91 Å². The zero-order chi connectivity index (χ0) is 18.7. The highest BCUT2D eigenvalue weighted by Gasteiger charge is 2.43. The Kier molecular flexibility index (Phi) is 4.75. The zero-order valence-electron chi connectivity index (χ0n) is 13.8. The van der Waals surface area contributed by atoms with E-state index in [1.807, 2.05) is 0 Å². The van der Waals surface area contributed by atoms with Crippen molar-refractivity contribution in [2.75, 3.05) is 11.9 Å². The standard InChI is InChI=1S/C18H15F2NO5/c1-2-14(22)11-3-6-13(7-4-11)24-10-17(23)21-12-5-8-15-16(9-12)26-18(19,20)25-15/h3-9H,2,10H2,1H3,(H,21,23). The van der Waals surface area contributed by atoms with E-state index in [4.69, 9.17) is 4.74 Å². The minimum atomic E-state index is -3.71. The van der Waals surface area contributed by atoms with Crippen molar-refractivity contribution in [3.8, 4) is 17.2 Å². The van der Waals surface area contributed by atoms with Gasteiger partial charge in [0.05, 0.1) is 0 Å². The predicted octanol–water partition coefficient (Wildman–Crippen LogP) is 3.62. The highest BCUT2D eigenvalue weighted by molar-refractivity contribution is 5.96. The smallest absolute Gasteiger partial charge is 0.484 e. The SMILES string of the molecule is CCC(=O)c1ccc(OCC(=O)Nc2ccc3c(c2)OC(F)(F)O3)cc1. The Bertz CT molecular complexity index is 836. The molecule has 0 radical (unpaired) electrons. The molecular formula is C18H15F2NO5. The second-order valence-corrected chi connectivity index (χ2v) is 5.47. The molecule has 0 atom stereocenters. The lowest BCUT2D eigenvalue weighted by atomic mass is 10.1. The lowest BCUT2D eigenvalue weighted by Crippen LogP contribution is -2.25. The number of ether oxygens (including phenoxy) is 3. The van der Waals surface area contributed by atoms with Crippen LogP contribution in [0.2, 0.25) is 0 Å². The van der Waals surface area contributed by atoms with E-state index in [9.17, 15) is 18.4 Å². The van der Waals surface area contributed by atoms with Crippen molar-refractivity contribution in [1.29, 1.82) is 0 Å². The highest BCUT2D eigenvalue weighted by atomic mass is 19.3. The summed E-state index contributed by atoms with van der Waals surface area (Å²) in [7, 11) is 0. The van der Waals surface area contributed by atoms with Gasteiger partial charge in [-0.3, -0.25) is 9.59 Å². The van der Waals surface area contributed by atoms with Gasteiger partial charge in [0.15, 0.2) is 23.9 Å². The van der Waals surface area contributed by atoms with Crippen LogP contribution in [0.3, 0.4) is 0 Å². The first-order chi connectivity index (χ1) is 12.4. The minimum absolute atomic E-state index is 0.0164. The molecule has 3 rings (SSSR count).